The fourth-order valence-electron chi connectivity index (χ4n) is 3.05. The first-order valence-corrected chi connectivity index (χ1v) is 9.18. The molecule has 0 saturated carbocycles. The van der Waals surface area contributed by atoms with Gasteiger partial charge in [0, 0.05) is 28.3 Å². The molecule has 6 heteroatoms. The van der Waals surface area contributed by atoms with Crippen molar-refractivity contribution in [3.8, 4) is 5.69 Å². The Bertz CT molecular complexity index is 1050. The highest BCUT2D eigenvalue weighted by molar-refractivity contribution is 5.98. The van der Waals surface area contributed by atoms with Gasteiger partial charge in [-0.25, -0.2) is 4.79 Å². The van der Waals surface area contributed by atoms with Gasteiger partial charge < -0.3 is 14.6 Å². The van der Waals surface area contributed by atoms with Crippen molar-refractivity contribution < 1.29 is 19.1 Å². The topological polar surface area (TPSA) is 77.4 Å². The van der Waals surface area contributed by atoms with Crippen LogP contribution in [0.2, 0.25) is 0 Å². The molecule has 0 fully saturated rings. The number of Topliss-reactive ketones (excluding diaryl/α,β-unsaturated/α-hetero) is 1. The van der Waals surface area contributed by atoms with Gasteiger partial charge in [-0.2, -0.15) is 0 Å². The monoisotopic (exact) mass is 390 g/mol. The van der Waals surface area contributed by atoms with E-state index in [0.29, 0.717) is 16.8 Å². The summed E-state index contributed by atoms with van der Waals surface area (Å²) in [5.41, 5.74) is 4.48. The zero-order valence-electron chi connectivity index (χ0n) is 16.6. The highest BCUT2D eigenvalue weighted by Gasteiger charge is 2.12. The minimum Gasteiger partial charge on any atom is -0.452 e. The predicted molar refractivity (Wildman–Crippen MR) is 111 cm³/mol. The number of nitrogens with one attached hydrogen (secondary N) is 1. The third kappa shape index (κ3) is 4.79. The summed E-state index contributed by atoms with van der Waals surface area (Å²) in [6, 6.07) is 17.7. The third-order valence-corrected chi connectivity index (χ3v) is 4.52. The summed E-state index contributed by atoms with van der Waals surface area (Å²) in [6.45, 7) is 5.06. The Kier molecular flexibility index (Phi) is 5.93. The van der Waals surface area contributed by atoms with Crippen molar-refractivity contribution in [2.45, 2.75) is 20.8 Å². The van der Waals surface area contributed by atoms with Crippen LogP contribution in [-0.4, -0.2) is 28.8 Å². The second-order valence-corrected chi connectivity index (χ2v) is 6.76. The molecular weight excluding hydrogens is 368 g/mol. The van der Waals surface area contributed by atoms with Crippen molar-refractivity contribution in [1.29, 1.82) is 0 Å². The van der Waals surface area contributed by atoms with Gasteiger partial charge in [-0.05, 0) is 69.3 Å². The number of esters is 1. The first kappa shape index (κ1) is 20.1. The summed E-state index contributed by atoms with van der Waals surface area (Å²) in [6.07, 6.45) is 0. The Labute approximate surface area is 169 Å². The van der Waals surface area contributed by atoms with Gasteiger partial charge in [-0.1, -0.05) is 12.1 Å². The standard InChI is InChI=1S/C23H22N2O4/c1-15-7-8-16(2)25(15)21-11-9-18(10-12-21)23(28)29-14-22(27)24-20-6-4-5-19(13-20)17(3)26/h4-13H,14H2,1-3H3,(H,24,27). The Hall–Kier alpha value is -3.67. The molecule has 1 N–H and O–H groups in total. The van der Waals surface area contributed by atoms with Crippen LogP contribution in [0.5, 0.6) is 0 Å². The maximum Gasteiger partial charge on any atom is 0.338 e. The van der Waals surface area contributed by atoms with E-state index in [-0.39, 0.29) is 5.78 Å². The Morgan fingerprint density at radius 1 is 0.897 bits per heavy atom. The number of ether oxygens (including phenoxy) is 1. The SMILES string of the molecule is CC(=O)c1cccc(NC(=O)COC(=O)c2ccc(-n3c(C)ccc3C)cc2)c1. The average Bonchev–Trinajstić information content (AvgIpc) is 3.04. The van der Waals surface area contributed by atoms with E-state index in [2.05, 4.69) is 9.88 Å². The van der Waals surface area contributed by atoms with Crippen LogP contribution in [0.1, 0.15) is 39.0 Å². The van der Waals surface area contributed by atoms with Crippen LogP contribution in [0, 0.1) is 13.8 Å². The fourth-order valence-corrected chi connectivity index (χ4v) is 3.05. The van der Waals surface area contributed by atoms with Crippen molar-refractivity contribution in [1.82, 2.24) is 4.57 Å². The molecule has 6 nitrogen and oxygen atoms in total. The lowest BCUT2D eigenvalue weighted by atomic mass is 10.1. The van der Waals surface area contributed by atoms with Gasteiger partial charge in [0.25, 0.3) is 5.91 Å². The van der Waals surface area contributed by atoms with Crippen molar-refractivity contribution in [2.75, 3.05) is 11.9 Å². The maximum absolute atomic E-state index is 12.2. The molecule has 1 heterocycles. The van der Waals surface area contributed by atoms with Gasteiger partial charge in [0.15, 0.2) is 12.4 Å². The maximum atomic E-state index is 12.2. The molecule has 1 aromatic heterocycles. The number of hydrogen-bond acceptors (Lipinski definition) is 4. The second kappa shape index (κ2) is 8.56. The van der Waals surface area contributed by atoms with E-state index >= 15 is 0 Å². The molecule has 0 bridgehead atoms. The molecule has 29 heavy (non-hydrogen) atoms. The van der Waals surface area contributed by atoms with Gasteiger partial charge in [-0.3, -0.25) is 9.59 Å². The molecular formula is C23H22N2O4. The number of nitrogens with zero attached hydrogens (tertiary/aromatic N) is 1. The largest absolute Gasteiger partial charge is 0.452 e. The summed E-state index contributed by atoms with van der Waals surface area (Å²) >= 11 is 0. The Morgan fingerprint density at radius 3 is 2.17 bits per heavy atom. The minimum absolute atomic E-state index is 0.0960. The number of amides is 1. The molecule has 0 spiro atoms. The summed E-state index contributed by atoms with van der Waals surface area (Å²) in [7, 11) is 0. The number of carbonyl (C=O) groups is 3. The highest BCUT2D eigenvalue weighted by Crippen LogP contribution is 2.17. The van der Waals surface area contributed by atoms with Crippen LogP contribution in [0.3, 0.4) is 0 Å². The van der Waals surface area contributed by atoms with Crippen LogP contribution in [0.25, 0.3) is 5.69 Å². The molecule has 2 aromatic carbocycles. The van der Waals surface area contributed by atoms with E-state index in [0.717, 1.165) is 17.1 Å². The quantitative estimate of drug-likeness (QED) is 0.508. The number of carbonyl (C=O) groups excluding carboxylic acids is 3. The van der Waals surface area contributed by atoms with Crippen LogP contribution in [0.15, 0.2) is 60.7 Å². The highest BCUT2D eigenvalue weighted by atomic mass is 16.5. The van der Waals surface area contributed by atoms with Gasteiger partial charge in [0.1, 0.15) is 0 Å². The van der Waals surface area contributed by atoms with Crippen LogP contribution in [-0.2, 0) is 9.53 Å². The zero-order chi connectivity index (χ0) is 21.0. The van der Waals surface area contributed by atoms with E-state index in [1.807, 2.05) is 38.1 Å². The Morgan fingerprint density at radius 2 is 1.55 bits per heavy atom. The lowest BCUT2D eigenvalue weighted by Crippen LogP contribution is -2.21. The van der Waals surface area contributed by atoms with Gasteiger partial charge in [0.05, 0.1) is 5.56 Å². The molecule has 3 rings (SSSR count). The number of hydrogen-bond donors (Lipinski definition) is 1. The minimum atomic E-state index is -0.579. The number of anilines is 1. The normalized spacial score (nSPS) is 10.4. The smallest absolute Gasteiger partial charge is 0.338 e. The van der Waals surface area contributed by atoms with Crippen LogP contribution in [0.4, 0.5) is 5.69 Å². The molecule has 0 atom stereocenters. The summed E-state index contributed by atoms with van der Waals surface area (Å²) in [5.74, 6) is -1.15. The number of aromatic nitrogens is 1. The van der Waals surface area contributed by atoms with E-state index < -0.39 is 18.5 Å². The zero-order valence-corrected chi connectivity index (χ0v) is 16.6. The van der Waals surface area contributed by atoms with Crippen molar-refractivity contribution >= 4 is 23.3 Å². The van der Waals surface area contributed by atoms with Gasteiger partial charge in [-0.15, -0.1) is 0 Å². The third-order valence-electron chi connectivity index (χ3n) is 4.52. The molecule has 1 amide bonds. The molecule has 0 radical (unpaired) electrons. The predicted octanol–water partition coefficient (Wildman–Crippen LogP) is 4.09. The molecule has 0 aliphatic rings. The summed E-state index contributed by atoms with van der Waals surface area (Å²) in [4.78, 5) is 35.7. The van der Waals surface area contributed by atoms with Crippen molar-refractivity contribution in [3.05, 3.63) is 83.2 Å². The second-order valence-electron chi connectivity index (χ2n) is 6.76. The molecule has 148 valence electrons. The molecule has 3 aromatic rings. The van der Waals surface area contributed by atoms with Gasteiger partial charge in [0.2, 0.25) is 0 Å². The lowest BCUT2D eigenvalue weighted by molar-refractivity contribution is -0.119. The number of ketones is 1. The van der Waals surface area contributed by atoms with Crippen LogP contribution < -0.4 is 5.32 Å². The summed E-state index contributed by atoms with van der Waals surface area (Å²) in [5, 5.41) is 2.61. The molecule has 0 unspecified atom stereocenters. The van der Waals surface area contributed by atoms with E-state index in [9.17, 15) is 14.4 Å². The van der Waals surface area contributed by atoms with E-state index in [1.54, 1.807) is 36.4 Å². The molecule has 0 aliphatic heterocycles. The Balaban J connectivity index is 1.58. The lowest BCUT2D eigenvalue weighted by Gasteiger charge is -2.10. The van der Waals surface area contributed by atoms with Gasteiger partial charge >= 0.3 is 5.97 Å². The van der Waals surface area contributed by atoms with E-state index in [4.69, 9.17) is 4.74 Å². The molecule has 0 saturated heterocycles. The number of rotatable bonds is 6. The van der Waals surface area contributed by atoms with Crippen LogP contribution >= 0.6 is 0 Å². The fraction of sp³-hybridized carbons (Fsp3) is 0.174. The molecule has 0 aliphatic carbocycles. The van der Waals surface area contributed by atoms with E-state index in [1.165, 1.54) is 6.92 Å². The van der Waals surface area contributed by atoms with Crippen molar-refractivity contribution in [2.24, 2.45) is 0 Å². The average molecular weight is 390 g/mol. The first-order valence-electron chi connectivity index (χ1n) is 9.18. The number of aryl methyl sites for hydroxylation is 2. The first-order chi connectivity index (χ1) is 13.8. The van der Waals surface area contributed by atoms with Crippen molar-refractivity contribution in [3.63, 3.8) is 0 Å². The summed E-state index contributed by atoms with van der Waals surface area (Å²) < 4.78 is 7.17. The number of benzene rings is 2.